The second-order valence-electron chi connectivity index (χ2n) is 5.34. The lowest BCUT2D eigenvalue weighted by atomic mass is 10.1. The van der Waals surface area contributed by atoms with Gasteiger partial charge in [-0.15, -0.1) is 0 Å². The molecule has 1 atom stereocenters. The van der Waals surface area contributed by atoms with E-state index in [9.17, 15) is 17.6 Å². The molecule has 0 radical (unpaired) electrons. The summed E-state index contributed by atoms with van der Waals surface area (Å²) in [5.74, 6) is -1.01. The molecule has 0 bridgehead atoms. The number of halogens is 1. The van der Waals surface area contributed by atoms with E-state index in [1.165, 1.54) is 6.92 Å². The van der Waals surface area contributed by atoms with Crippen LogP contribution in [0.5, 0.6) is 0 Å². The molecule has 1 amide bonds. The fourth-order valence-electron chi connectivity index (χ4n) is 2.04. The van der Waals surface area contributed by atoms with Gasteiger partial charge in [0.05, 0.1) is 10.9 Å². The van der Waals surface area contributed by atoms with Crippen LogP contribution >= 0.6 is 0 Å². The van der Waals surface area contributed by atoms with E-state index in [0.717, 1.165) is 36.2 Å². The normalized spacial score (nSPS) is 12.6. The minimum absolute atomic E-state index is 0.101. The Morgan fingerprint density at radius 2 is 1.67 bits per heavy atom. The van der Waals surface area contributed by atoms with Gasteiger partial charge in [-0.2, -0.15) is 4.72 Å². The zero-order valence-electron chi connectivity index (χ0n) is 13.4. The summed E-state index contributed by atoms with van der Waals surface area (Å²) in [5, 5.41) is 2.65. The zero-order valence-corrected chi connectivity index (χ0v) is 14.2. The van der Waals surface area contributed by atoms with Gasteiger partial charge in [-0.1, -0.05) is 19.1 Å². The molecule has 0 spiro atoms. The molecule has 0 aromatic heterocycles. The van der Waals surface area contributed by atoms with Gasteiger partial charge in [0, 0.05) is 5.69 Å². The first-order valence-corrected chi connectivity index (χ1v) is 8.98. The molecule has 0 aliphatic carbocycles. The summed E-state index contributed by atoms with van der Waals surface area (Å²) in [4.78, 5) is 12.0. The molecule has 0 heterocycles. The molecular formula is C17H19FN2O3S. The number of anilines is 1. The number of rotatable bonds is 6. The number of nitrogens with one attached hydrogen (secondary N) is 2. The molecular weight excluding hydrogens is 331 g/mol. The summed E-state index contributed by atoms with van der Waals surface area (Å²) in [7, 11) is -3.90. The number of carbonyl (C=O) groups is 1. The van der Waals surface area contributed by atoms with Gasteiger partial charge >= 0.3 is 0 Å². The van der Waals surface area contributed by atoms with Gasteiger partial charge in [0.15, 0.2) is 0 Å². The molecule has 2 rings (SSSR count). The van der Waals surface area contributed by atoms with Crippen LogP contribution in [0, 0.1) is 5.82 Å². The van der Waals surface area contributed by atoms with E-state index in [1.807, 2.05) is 19.1 Å². The molecule has 2 aromatic carbocycles. The molecule has 0 saturated heterocycles. The number of sulfonamides is 1. The van der Waals surface area contributed by atoms with Crippen molar-refractivity contribution in [2.75, 3.05) is 5.32 Å². The Kier molecular flexibility index (Phi) is 5.69. The standard InChI is InChI=1S/C17H19FN2O3S/c1-3-13-4-8-15(9-5-13)19-17(21)12(2)20-24(22,23)16-10-6-14(18)7-11-16/h4-12,20H,3H2,1-2H3,(H,19,21)/t12-/m1/s1. The molecule has 0 aliphatic rings. The van der Waals surface area contributed by atoms with Crippen LogP contribution in [0.1, 0.15) is 19.4 Å². The van der Waals surface area contributed by atoms with E-state index in [-0.39, 0.29) is 4.90 Å². The average molecular weight is 350 g/mol. The summed E-state index contributed by atoms with van der Waals surface area (Å²) in [6, 6.07) is 10.7. The van der Waals surface area contributed by atoms with Gasteiger partial charge < -0.3 is 5.32 Å². The van der Waals surface area contributed by atoms with Gasteiger partial charge in [0.2, 0.25) is 15.9 Å². The summed E-state index contributed by atoms with van der Waals surface area (Å²) in [6.07, 6.45) is 0.891. The third kappa shape index (κ3) is 4.62. The van der Waals surface area contributed by atoms with Crippen molar-refractivity contribution in [3.63, 3.8) is 0 Å². The van der Waals surface area contributed by atoms with E-state index in [0.29, 0.717) is 5.69 Å². The maximum Gasteiger partial charge on any atom is 0.242 e. The minimum Gasteiger partial charge on any atom is -0.325 e. The van der Waals surface area contributed by atoms with Gasteiger partial charge in [-0.25, -0.2) is 12.8 Å². The van der Waals surface area contributed by atoms with Crippen molar-refractivity contribution in [2.45, 2.75) is 31.2 Å². The monoisotopic (exact) mass is 350 g/mol. The first kappa shape index (κ1) is 18.1. The average Bonchev–Trinajstić information content (AvgIpc) is 2.55. The van der Waals surface area contributed by atoms with Gasteiger partial charge in [0.1, 0.15) is 5.82 Å². The molecule has 7 heteroatoms. The van der Waals surface area contributed by atoms with E-state index in [1.54, 1.807) is 12.1 Å². The molecule has 0 saturated carbocycles. The Hall–Kier alpha value is -2.25. The number of amides is 1. The number of hydrogen-bond acceptors (Lipinski definition) is 3. The second kappa shape index (κ2) is 7.55. The lowest BCUT2D eigenvalue weighted by molar-refractivity contribution is -0.117. The number of benzene rings is 2. The van der Waals surface area contributed by atoms with E-state index in [4.69, 9.17) is 0 Å². The van der Waals surface area contributed by atoms with Crippen LogP contribution in [0.2, 0.25) is 0 Å². The maximum absolute atomic E-state index is 12.9. The van der Waals surface area contributed by atoms with Gasteiger partial charge in [-0.05, 0) is 55.3 Å². The van der Waals surface area contributed by atoms with Crippen LogP contribution in [0.3, 0.4) is 0 Å². The number of carbonyl (C=O) groups excluding carboxylic acids is 1. The Bertz CT molecular complexity index is 803. The molecule has 0 aliphatic heterocycles. The largest absolute Gasteiger partial charge is 0.325 e. The minimum atomic E-state index is -3.90. The van der Waals surface area contributed by atoms with E-state index < -0.39 is 27.8 Å². The highest BCUT2D eigenvalue weighted by Crippen LogP contribution is 2.12. The van der Waals surface area contributed by atoms with Crippen LogP contribution in [0.25, 0.3) is 0 Å². The van der Waals surface area contributed by atoms with E-state index in [2.05, 4.69) is 10.0 Å². The third-order valence-electron chi connectivity index (χ3n) is 3.48. The van der Waals surface area contributed by atoms with Crippen LogP contribution in [0.15, 0.2) is 53.4 Å². The van der Waals surface area contributed by atoms with Crippen LogP contribution in [-0.4, -0.2) is 20.4 Å². The van der Waals surface area contributed by atoms with E-state index >= 15 is 0 Å². The summed E-state index contributed by atoms with van der Waals surface area (Å²) in [6.45, 7) is 3.47. The summed E-state index contributed by atoms with van der Waals surface area (Å²) < 4.78 is 39.5. The second-order valence-corrected chi connectivity index (χ2v) is 7.05. The highest BCUT2D eigenvalue weighted by molar-refractivity contribution is 7.89. The molecule has 2 aromatic rings. The molecule has 2 N–H and O–H groups in total. The van der Waals surface area contributed by atoms with Crippen molar-refractivity contribution < 1.29 is 17.6 Å². The van der Waals surface area contributed by atoms with Crippen molar-refractivity contribution in [1.82, 2.24) is 4.72 Å². The highest BCUT2D eigenvalue weighted by atomic mass is 32.2. The Morgan fingerprint density at radius 3 is 2.21 bits per heavy atom. The predicted molar refractivity (Wildman–Crippen MR) is 90.6 cm³/mol. The molecule has 0 unspecified atom stereocenters. The van der Waals surface area contributed by atoms with Crippen molar-refractivity contribution in [3.8, 4) is 0 Å². The maximum atomic E-state index is 12.9. The topological polar surface area (TPSA) is 75.3 Å². The molecule has 128 valence electrons. The lowest BCUT2D eigenvalue weighted by Crippen LogP contribution is -2.41. The SMILES string of the molecule is CCc1ccc(NC(=O)[C@@H](C)NS(=O)(=O)c2ccc(F)cc2)cc1. The molecule has 0 fully saturated rings. The zero-order chi connectivity index (χ0) is 17.7. The molecule has 24 heavy (non-hydrogen) atoms. The smallest absolute Gasteiger partial charge is 0.242 e. The highest BCUT2D eigenvalue weighted by Gasteiger charge is 2.22. The van der Waals surface area contributed by atoms with Crippen molar-refractivity contribution in [1.29, 1.82) is 0 Å². The number of hydrogen-bond donors (Lipinski definition) is 2. The fourth-order valence-corrected chi connectivity index (χ4v) is 3.25. The van der Waals surface area contributed by atoms with Crippen LogP contribution < -0.4 is 10.0 Å². The molecule has 5 nitrogen and oxygen atoms in total. The van der Waals surface area contributed by atoms with Crippen LogP contribution in [-0.2, 0) is 21.2 Å². The van der Waals surface area contributed by atoms with Crippen molar-refractivity contribution in [3.05, 3.63) is 59.9 Å². The quantitative estimate of drug-likeness (QED) is 0.841. The fraction of sp³-hybridized carbons (Fsp3) is 0.235. The first-order valence-electron chi connectivity index (χ1n) is 7.49. The summed E-state index contributed by atoms with van der Waals surface area (Å²) >= 11 is 0. The van der Waals surface area contributed by atoms with Crippen molar-refractivity contribution >= 4 is 21.6 Å². The summed E-state index contributed by atoms with van der Waals surface area (Å²) in [5.41, 5.74) is 1.73. The lowest BCUT2D eigenvalue weighted by Gasteiger charge is -2.14. The Balaban J connectivity index is 2.03. The number of aryl methyl sites for hydroxylation is 1. The van der Waals surface area contributed by atoms with Crippen LogP contribution in [0.4, 0.5) is 10.1 Å². The third-order valence-corrected chi connectivity index (χ3v) is 5.04. The predicted octanol–water partition coefficient (Wildman–Crippen LogP) is 2.69. The Labute approximate surface area is 141 Å². The van der Waals surface area contributed by atoms with Crippen molar-refractivity contribution in [2.24, 2.45) is 0 Å². The van der Waals surface area contributed by atoms with Gasteiger partial charge in [0.25, 0.3) is 0 Å². The Morgan fingerprint density at radius 1 is 1.08 bits per heavy atom. The van der Waals surface area contributed by atoms with Gasteiger partial charge in [-0.3, -0.25) is 4.79 Å². The first-order chi connectivity index (χ1) is 11.3.